The first-order chi connectivity index (χ1) is 9.50. The van der Waals surface area contributed by atoms with Crippen LogP contribution in [0.1, 0.15) is 34.5 Å². The number of hydrogen-bond donors (Lipinski definition) is 1. The third-order valence-corrected chi connectivity index (χ3v) is 3.81. The predicted octanol–water partition coefficient (Wildman–Crippen LogP) is 4.39. The van der Waals surface area contributed by atoms with Gasteiger partial charge in [-0.3, -0.25) is 4.79 Å². The Labute approximate surface area is 126 Å². The van der Waals surface area contributed by atoms with E-state index < -0.39 is 11.7 Å². The molecule has 2 aromatic carbocycles. The number of hydrogen-bond acceptors (Lipinski definition) is 1. The average Bonchev–Trinajstić information content (AvgIpc) is 2.42. The summed E-state index contributed by atoms with van der Waals surface area (Å²) in [5.41, 5.74) is 2.16. The van der Waals surface area contributed by atoms with Crippen molar-refractivity contribution in [3.8, 4) is 0 Å². The van der Waals surface area contributed by atoms with E-state index in [0.717, 1.165) is 11.1 Å². The van der Waals surface area contributed by atoms with E-state index in [-0.39, 0.29) is 16.1 Å². The summed E-state index contributed by atoms with van der Waals surface area (Å²) in [7, 11) is 0. The van der Waals surface area contributed by atoms with Crippen LogP contribution in [0, 0.1) is 12.7 Å². The fourth-order valence-corrected chi connectivity index (χ4v) is 2.47. The Bertz CT molecular complexity index is 642. The average molecular weight is 336 g/mol. The maximum absolute atomic E-state index is 13.9. The monoisotopic (exact) mass is 335 g/mol. The summed E-state index contributed by atoms with van der Waals surface area (Å²) in [6.45, 7) is 3.87. The molecule has 0 fully saturated rings. The smallest absolute Gasteiger partial charge is 0.254 e. The van der Waals surface area contributed by atoms with Crippen molar-refractivity contribution in [1.29, 1.82) is 0 Å². The Kier molecular flexibility index (Phi) is 4.55. The molecular weight excluding hydrogens is 321 g/mol. The Hall–Kier alpha value is -1.68. The van der Waals surface area contributed by atoms with Gasteiger partial charge in [0.05, 0.1) is 16.1 Å². The largest absolute Gasteiger partial charge is 0.345 e. The molecule has 2 nitrogen and oxygen atoms in total. The molecule has 104 valence electrons. The quantitative estimate of drug-likeness (QED) is 0.885. The zero-order valence-corrected chi connectivity index (χ0v) is 12.9. The van der Waals surface area contributed by atoms with Gasteiger partial charge in [0.1, 0.15) is 5.82 Å². The summed E-state index contributed by atoms with van der Waals surface area (Å²) < 4.78 is 14.2. The number of nitrogens with one attached hydrogen (secondary N) is 1. The van der Waals surface area contributed by atoms with Crippen molar-refractivity contribution in [2.75, 3.05) is 0 Å². The Morgan fingerprint density at radius 2 is 1.90 bits per heavy atom. The molecule has 1 atom stereocenters. The van der Waals surface area contributed by atoms with E-state index in [1.165, 1.54) is 6.07 Å². The molecule has 0 radical (unpaired) electrons. The summed E-state index contributed by atoms with van der Waals surface area (Å²) in [5, 5.41) is 2.82. The number of amides is 1. The molecule has 0 bridgehead atoms. The highest BCUT2D eigenvalue weighted by atomic mass is 79.9. The third-order valence-electron chi connectivity index (χ3n) is 3.20. The van der Waals surface area contributed by atoms with Crippen LogP contribution in [0.2, 0.25) is 0 Å². The maximum Gasteiger partial charge on any atom is 0.254 e. The van der Waals surface area contributed by atoms with Gasteiger partial charge in [0.15, 0.2) is 0 Å². The van der Waals surface area contributed by atoms with E-state index in [2.05, 4.69) is 21.2 Å². The van der Waals surface area contributed by atoms with Gasteiger partial charge >= 0.3 is 0 Å². The SMILES string of the molecule is Cc1ccccc1C(C)NC(=O)c1cccc(Br)c1F. The van der Waals surface area contributed by atoms with E-state index in [0.29, 0.717) is 0 Å². The second-order valence-electron chi connectivity index (χ2n) is 4.65. The summed E-state index contributed by atoms with van der Waals surface area (Å²) in [6, 6.07) is 12.3. The number of carbonyl (C=O) groups is 1. The van der Waals surface area contributed by atoms with Crippen molar-refractivity contribution in [2.24, 2.45) is 0 Å². The minimum absolute atomic E-state index is 0.0415. The first kappa shape index (κ1) is 14.7. The summed E-state index contributed by atoms with van der Waals surface area (Å²) in [6.07, 6.45) is 0. The molecule has 0 aromatic heterocycles. The van der Waals surface area contributed by atoms with Gasteiger partial charge < -0.3 is 5.32 Å². The van der Waals surface area contributed by atoms with Crippen molar-refractivity contribution in [3.05, 3.63) is 69.4 Å². The molecular formula is C16H15BrFNO. The van der Waals surface area contributed by atoms with E-state index in [9.17, 15) is 9.18 Å². The van der Waals surface area contributed by atoms with Crippen molar-refractivity contribution < 1.29 is 9.18 Å². The van der Waals surface area contributed by atoms with Gasteiger partial charge in [-0.25, -0.2) is 4.39 Å². The zero-order valence-electron chi connectivity index (χ0n) is 11.3. The predicted molar refractivity (Wildman–Crippen MR) is 81.2 cm³/mol. The van der Waals surface area contributed by atoms with Gasteiger partial charge in [0.2, 0.25) is 0 Å². The molecule has 20 heavy (non-hydrogen) atoms. The minimum atomic E-state index is -0.540. The summed E-state index contributed by atoms with van der Waals surface area (Å²) >= 11 is 3.08. The van der Waals surface area contributed by atoms with Crippen LogP contribution in [0.3, 0.4) is 0 Å². The summed E-state index contributed by atoms with van der Waals surface area (Å²) in [4.78, 5) is 12.1. The van der Waals surface area contributed by atoms with Crippen LogP contribution < -0.4 is 5.32 Å². The highest BCUT2D eigenvalue weighted by Crippen LogP contribution is 2.21. The minimum Gasteiger partial charge on any atom is -0.345 e. The van der Waals surface area contributed by atoms with E-state index in [4.69, 9.17) is 0 Å². The Morgan fingerprint density at radius 1 is 1.20 bits per heavy atom. The number of halogens is 2. The lowest BCUT2D eigenvalue weighted by Gasteiger charge is -2.17. The van der Waals surface area contributed by atoms with Crippen LogP contribution in [0.4, 0.5) is 4.39 Å². The van der Waals surface area contributed by atoms with Gasteiger partial charge in [-0.05, 0) is 53.0 Å². The van der Waals surface area contributed by atoms with Gasteiger partial charge in [0, 0.05) is 0 Å². The van der Waals surface area contributed by atoms with Gasteiger partial charge in [-0.2, -0.15) is 0 Å². The molecule has 1 amide bonds. The van der Waals surface area contributed by atoms with E-state index >= 15 is 0 Å². The number of aryl methyl sites for hydroxylation is 1. The lowest BCUT2D eigenvalue weighted by Crippen LogP contribution is -2.27. The molecule has 0 heterocycles. The fraction of sp³-hybridized carbons (Fsp3) is 0.188. The molecule has 2 rings (SSSR count). The number of carbonyl (C=O) groups excluding carboxylic acids is 1. The fourth-order valence-electron chi connectivity index (χ4n) is 2.10. The second-order valence-corrected chi connectivity index (χ2v) is 5.51. The molecule has 0 spiro atoms. The molecule has 2 aromatic rings. The number of rotatable bonds is 3. The van der Waals surface area contributed by atoms with Crippen molar-refractivity contribution in [1.82, 2.24) is 5.32 Å². The van der Waals surface area contributed by atoms with Gasteiger partial charge in [0.25, 0.3) is 5.91 Å². The molecule has 0 aliphatic rings. The van der Waals surface area contributed by atoms with Crippen LogP contribution in [-0.2, 0) is 0 Å². The van der Waals surface area contributed by atoms with Crippen LogP contribution in [0.15, 0.2) is 46.9 Å². The molecule has 0 aliphatic heterocycles. The molecule has 0 saturated carbocycles. The lowest BCUT2D eigenvalue weighted by molar-refractivity contribution is 0.0935. The highest BCUT2D eigenvalue weighted by molar-refractivity contribution is 9.10. The zero-order chi connectivity index (χ0) is 14.7. The summed E-state index contributed by atoms with van der Waals surface area (Å²) in [5.74, 6) is -0.957. The van der Waals surface area contributed by atoms with Crippen molar-refractivity contribution >= 4 is 21.8 Å². The third kappa shape index (κ3) is 3.07. The first-order valence-corrected chi connectivity index (χ1v) is 7.10. The normalized spacial score (nSPS) is 12.0. The second kappa shape index (κ2) is 6.18. The number of benzene rings is 2. The van der Waals surface area contributed by atoms with Crippen LogP contribution >= 0.6 is 15.9 Å². The topological polar surface area (TPSA) is 29.1 Å². The van der Waals surface area contributed by atoms with Crippen molar-refractivity contribution in [3.63, 3.8) is 0 Å². The highest BCUT2D eigenvalue weighted by Gasteiger charge is 2.17. The molecule has 0 saturated heterocycles. The Balaban J connectivity index is 2.20. The van der Waals surface area contributed by atoms with E-state index in [1.54, 1.807) is 12.1 Å². The van der Waals surface area contributed by atoms with E-state index in [1.807, 2.05) is 38.1 Å². The van der Waals surface area contributed by atoms with Crippen LogP contribution in [0.25, 0.3) is 0 Å². The molecule has 4 heteroatoms. The first-order valence-electron chi connectivity index (χ1n) is 6.31. The standard InChI is InChI=1S/C16H15BrFNO/c1-10-6-3-4-7-12(10)11(2)19-16(20)13-8-5-9-14(17)15(13)18/h3-9,11H,1-2H3,(H,19,20). The van der Waals surface area contributed by atoms with Gasteiger partial charge in [-0.15, -0.1) is 0 Å². The maximum atomic E-state index is 13.9. The van der Waals surface area contributed by atoms with Crippen molar-refractivity contribution in [2.45, 2.75) is 19.9 Å². The van der Waals surface area contributed by atoms with Crippen LogP contribution in [0.5, 0.6) is 0 Å². The molecule has 1 unspecified atom stereocenters. The van der Waals surface area contributed by atoms with Gasteiger partial charge in [-0.1, -0.05) is 30.3 Å². The van der Waals surface area contributed by atoms with Crippen LogP contribution in [-0.4, -0.2) is 5.91 Å². The molecule has 1 N–H and O–H groups in total. The molecule has 0 aliphatic carbocycles. The lowest BCUT2D eigenvalue weighted by atomic mass is 10.0. The Morgan fingerprint density at radius 3 is 2.60 bits per heavy atom.